The number of carbonyl (C=O) groups excluding carboxylic acids is 1. The second-order valence-corrected chi connectivity index (χ2v) is 4.89. The van der Waals surface area contributed by atoms with Crippen LogP contribution in [0.1, 0.15) is 30.9 Å². The molecule has 0 atom stereocenters. The summed E-state index contributed by atoms with van der Waals surface area (Å²) in [6.07, 6.45) is 4.93. The summed E-state index contributed by atoms with van der Waals surface area (Å²) in [5, 5.41) is 2.47. The molecule has 2 nitrogen and oxygen atoms in total. The highest BCUT2D eigenvalue weighted by Crippen LogP contribution is 2.31. The third-order valence-electron chi connectivity index (χ3n) is 3.58. The lowest BCUT2D eigenvalue weighted by Gasteiger charge is -2.18. The molecule has 1 aliphatic rings. The lowest BCUT2D eigenvalue weighted by atomic mass is 9.88. The fourth-order valence-corrected chi connectivity index (χ4v) is 2.79. The highest BCUT2D eigenvalue weighted by atomic mass is 16.5. The normalized spacial score (nSPS) is 14.3. The van der Waals surface area contributed by atoms with Gasteiger partial charge in [-0.15, -0.1) is 0 Å². The topological polar surface area (TPSA) is 26.3 Å². The summed E-state index contributed by atoms with van der Waals surface area (Å²) in [6.45, 7) is 1.43. The average Bonchev–Trinajstić information content (AvgIpc) is 2.37. The number of hydrogen-bond donors (Lipinski definition) is 0. The number of esters is 1. The van der Waals surface area contributed by atoms with E-state index in [2.05, 4.69) is 18.2 Å². The van der Waals surface area contributed by atoms with Gasteiger partial charge in [-0.2, -0.15) is 0 Å². The molecule has 0 heterocycles. The Morgan fingerprint density at radius 2 is 1.94 bits per heavy atom. The Balaban J connectivity index is 2.10. The number of benzene rings is 2. The maximum Gasteiger partial charge on any atom is 0.308 e. The Hall–Kier alpha value is -1.83. The van der Waals surface area contributed by atoms with Crippen molar-refractivity contribution < 1.29 is 9.53 Å². The van der Waals surface area contributed by atoms with E-state index in [4.69, 9.17) is 4.74 Å². The number of rotatable bonds is 1. The fraction of sp³-hybridized carbons (Fsp3) is 0.312. The van der Waals surface area contributed by atoms with Gasteiger partial charge >= 0.3 is 5.97 Å². The molecule has 0 saturated heterocycles. The third-order valence-corrected chi connectivity index (χ3v) is 3.58. The zero-order valence-corrected chi connectivity index (χ0v) is 10.5. The van der Waals surface area contributed by atoms with E-state index >= 15 is 0 Å². The van der Waals surface area contributed by atoms with Crippen LogP contribution in [-0.2, 0) is 17.6 Å². The first-order chi connectivity index (χ1) is 8.74. The Labute approximate surface area is 107 Å². The standard InChI is InChI=1S/C16H16O2/c1-11(17)18-14-8-9-16-13(10-14)7-6-12-4-2-3-5-15(12)16/h6-10H,2-5H2,1H3. The first kappa shape index (κ1) is 11.3. The van der Waals surface area contributed by atoms with Crippen molar-refractivity contribution in [3.63, 3.8) is 0 Å². The van der Waals surface area contributed by atoms with Crippen molar-refractivity contribution in [1.82, 2.24) is 0 Å². The zero-order chi connectivity index (χ0) is 12.5. The fourth-order valence-electron chi connectivity index (χ4n) is 2.79. The van der Waals surface area contributed by atoms with Gasteiger partial charge in [-0.1, -0.05) is 18.2 Å². The Morgan fingerprint density at radius 1 is 1.11 bits per heavy atom. The molecule has 1 aliphatic carbocycles. The van der Waals surface area contributed by atoms with Gasteiger partial charge in [-0.05, 0) is 59.7 Å². The van der Waals surface area contributed by atoms with Crippen LogP contribution in [-0.4, -0.2) is 5.97 Å². The summed E-state index contributed by atoms with van der Waals surface area (Å²) in [6, 6.07) is 10.3. The van der Waals surface area contributed by atoms with E-state index in [0.29, 0.717) is 5.75 Å². The largest absolute Gasteiger partial charge is 0.427 e. The molecule has 0 radical (unpaired) electrons. The Bertz CT molecular complexity index is 614. The number of hydrogen-bond acceptors (Lipinski definition) is 2. The number of aryl methyl sites for hydroxylation is 2. The minimum Gasteiger partial charge on any atom is -0.427 e. The monoisotopic (exact) mass is 240 g/mol. The van der Waals surface area contributed by atoms with Gasteiger partial charge in [0.25, 0.3) is 0 Å². The van der Waals surface area contributed by atoms with E-state index < -0.39 is 0 Å². The van der Waals surface area contributed by atoms with Gasteiger partial charge in [0.2, 0.25) is 0 Å². The van der Waals surface area contributed by atoms with Crippen molar-refractivity contribution in [1.29, 1.82) is 0 Å². The first-order valence-electron chi connectivity index (χ1n) is 6.47. The van der Waals surface area contributed by atoms with E-state index in [1.165, 1.54) is 49.1 Å². The van der Waals surface area contributed by atoms with Crippen LogP contribution in [0.4, 0.5) is 0 Å². The predicted octanol–water partition coefficient (Wildman–Crippen LogP) is 3.64. The summed E-state index contributed by atoms with van der Waals surface area (Å²) >= 11 is 0. The maximum absolute atomic E-state index is 11.0. The predicted molar refractivity (Wildman–Crippen MR) is 71.9 cm³/mol. The van der Waals surface area contributed by atoms with Crippen LogP contribution >= 0.6 is 0 Å². The van der Waals surface area contributed by atoms with Crippen molar-refractivity contribution in [2.24, 2.45) is 0 Å². The van der Waals surface area contributed by atoms with Gasteiger partial charge in [0.1, 0.15) is 5.75 Å². The van der Waals surface area contributed by atoms with E-state index in [1.54, 1.807) is 0 Å². The summed E-state index contributed by atoms with van der Waals surface area (Å²) in [7, 11) is 0. The first-order valence-corrected chi connectivity index (χ1v) is 6.47. The molecule has 3 rings (SSSR count). The number of carbonyl (C=O) groups is 1. The molecule has 2 heteroatoms. The molecule has 0 amide bonds. The van der Waals surface area contributed by atoms with Crippen LogP contribution in [0.5, 0.6) is 5.75 Å². The second-order valence-electron chi connectivity index (χ2n) is 4.89. The smallest absolute Gasteiger partial charge is 0.308 e. The minimum atomic E-state index is -0.271. The van der Waals surface area contributed by atoms with E-state index in [1.807, 2.05) is 12.1 Å². The SMILES string of the molecule is CC(=O)Oc1ccc2c3c(ccc2c1)CCCC3. The Kier molecular flexibility index (Phi) is 2.78. The summed E-state index contributed by atoms with van der Waals surface area (Å²) in [5.41, 5.74) is 2.96. The van der Waals surface area contributed by atoms with Crippen LogP contribution in [0.3, 0.4) is 0 Å². The summed E-state index contributed by atoms with van der Waals surface area (Å²) in [4.78, 5) is 11.0. The van der Waals surface area contributed by atoms with Gasteiger partial charge in [-0.3, -0.25) is 4.79 Å². The molecular weight excluding hydrogens is 224 g/mol. The van der Waals surface area contributed by atoms with E-state index in [-0.39, 0.29) is 5.97 Å². The zero-order valence-electron chi connectivity index (χ0n) is 10.5. The van der Waals surface area contributed by atoms with Crippen molar-refractivity contribution in [2.45, 2.75) is 32.6 Å². The van der Waals surface area contributed by atoms with Crippen molar-refractivity contribution in [2.75, 3.05) is 0 Å². The minimum absolute atomic E-state index is 0.271. The van der Waals surface area contributed by atoms with Crippen LogP contribution in [0, 0.1) is 0 Å². The van der Waals surface area contributed by atoms with Crippen molar-refractivity contribution >= 4 is 16.7 Å². The van der Waals surface area contributed by atoms with Gasteiger partial charge < -0.3 is 4.74 Å². The van der Waals surface area contributed by atoms with E-state index in [0.717, 1.165) is 5.39 Å². The highest BCUT2D eigenvalue weighted by molar-refractivity contribution is 5.88. The molecule has 0 N–H and O–H groups in total. The average molecular weight is 240 g/mol. The maximum atomic E-state index is 11.0. The van der Waals surface area contributed by atoms with Gasteiger partial charge in [0.05, 0.1) is 0 Å². The van der Waals surface area contributed by atoms with Crippen molar-refractivity contribution in [3.05, 3.63) is 41.5 Å². The van der Waals surface area contributed by atoms with E-state index in [9.17, 15) is 4.79 Å². The lowest BCUT2D eigenvalue weighted by molar-refractivity contribution is -0.131. The molecule has 92 valence electrons. The summed E-state index contributed by atoms with van der Waals surface area (Å²) < 4.78 is 5.13. The molecule has 0 saturated carbocycles. The van der Waals surface area contributed by atoms with Crippen LogP contribution in [0.15, 0.2) is 30.3 Å². The van der Waals surface area contributed by atoms with Crippen LogP contribution in [0.25, 0.3) is 10.8 Å². The molecule has 0 fully saturated rings. The van der Waals surface area contributed by atoms with Gasteiger partial charge in [-0.25, -0.2) is 0 Å². The highest BCUT2D eigenvalue weighted by Gasteiger charge is 2.12. The lowest BCUT2D eigenvalue weighted by Crippen LogP contribution is -2.04. The van der Waals surface area contributed by atoms with Crippen LogP contribution < -0.4 is 4.74 Å². The van der Waals surface area contributed by atoms with Gasteiger partial charge in [0, 0.05) is 6.92 Å². The van der Waals surface area contributed by atoms with Gasteiger partial charge in [0.15, 0.2) is 0 Å². The van der Waals surface area contributed by atoms with Crippen molar-refractivity contribution in [3.8, 4) is 5.75 Å². The molecule has 0 aliphatic heterocycles. The number of fused-ring (bicyclic) bond motifs is 3. The molecule has 2 aromatic rings. The molecule has 0 aromatic heterocycles. The molecule has 0 bridgehead atoms. The summed E-state index contributed by atoms with van der Waals surface area (Å²) in [5.74, 6) is 0.359. The second kappa shape index (κ2) is 4.45. The molecule has 18 heavy (non-hydrogen) atoms. The molecule has 0 unspecified atom stereocenters. The molecule has 0 spiro atoms. The molecular formula is C16H16O2. The quantitative estimate of drug-likeness (QED) is 0.562. The Morgan fingerprint density at radius 3 is 2.78 bits per heavy atom. The third kappa shape index (κ3) is 1.99. The van der Waals surface area contributed by atoms with Crippen LogP contribution in [0.2, 0.25) is 0 Å². The number of ether oxygens (including phenoxy) is 1. The molecule has 2 aromatic carbocycles.